The Morgan fingerprint density at radius 2 is 2.11 bits per heavy atom. The molecule has 28 heavy (non-hydrogen) atoms. The number of rotatable bonds is 1. The summed E-state index contributed by atoms with van der Waals surface area (Å²) in [7, 11) is 3.81. The number of benzene rings is 1. The van der Waals surface area contributed by atoms with E-state index >= 15 is 0 Å². The Kier molecular flexibility index (Phi) is 3.39. The van der Waals surface area contributed by atoms with Crippen molar-refractivity contribution in [1.82, 2.24) is 4.90 Å². The van der Waals surface area contributed by atoms with Crippen LogP contribution in [0.5, 0.6) is 11.5 Å². The maximum Gasteiger partial charge on any atom is 0.207 e. The van der Waals surface area contributed by atoms with E-state index in [-0.39, 0.29) is 18.2 Å². The minimum atomic E-state index is -0.853. The van der Waals surface area contributed by atoms with Gasteiger partial charge in [0.2, 0.25) is 5.79 Å². The van der Waals surface area contributed by atoms with Crippen molar-refractivity contribution in [3.63, 3.8) is 0 Å². The first kappa shape index (κ1) is 17.5. The van der Waals surface area contributed by atoms with Crippen LogP contribution in [-0.4, -0.2) is 67.0 Å². The highest BCUT2D eigenvalue weighted by atomic mass is 16.7. The number of hydrogen-bond acceptors (Lipinski definition) is 6. The lowest BCUT2D eigenvalue weighted by Crippen LogP contribution is -2.79. The zero-order valence-electron chi connectivity index (χ0n) is 16.9. The number of fused-ring (bicyclic) bond motifs is 1. The first-order chi connectivity index (χ1) is 13.5. The molecule has 3 aliphatic heterocycles. The van der Waals surface area contributed by atoms with Gasteiger partial charge in [0.1, 0.15) is 0 Å². The molecule has 2 aliphatic carbocycles. The minimum Gasteiger partial charge on any atom is -0.493 e. The van der Waals surface area contributed by atoms with Crippen LogP contribution >= 0.6 is 0 Å². The topological polar surface area (TPSA) is 60.4 Å². The van der Waals surface area contributed by atoms with Crippen LogP contribution in [-0.2, 0) is 21.3 Å². The van der Waals surface area contributed by atoms with Crippen molar-refractivity contribution >= 4 is 0 Å². The Morgan fingerprint density at radius 1 is 1.25 bits per heavy atom. The molecule has 3 fully saturated rings. The molecular weight excluding hydrogens is 358 g/mol. The molecule has 2 saturated heterocycles. The van der Waals surface area contributed by atoms with Crippen molar-refractivity contribution in [2.24, 2.45) is 0 Å². The van der Waals surface area contributed by atoms with Crippen molar-refractivity contribution in [2.45, 2.75) is 74.1 Å². The largest absolute Gasteiger partial charge is 0.493 e. The number of likely N-dealkylation sites (N-methyl/N-ethyl adjacent to an activating group) is 1. The number of methoxy groups -OCH3 is 1. The molecule has 5 aliphatic rings. The molecule has 0 aromatic heterocycles. The number of nitrogens with zero attached hydrogens (tertiary/aromatic N) is 1. The molecule has 1 N–H and O–H groups in total. The summed E-state index contributed by atoms with van der Waals surface area (Å²) < 4.78 is 25.2. The molecule has 6 atom stereocenters. The van der Waals surface area contributed by atoms with Crippen LogP contribution in [0.1, 0.15) is 43.7 Å². The predicted octanol–water partition coefficient (Wildman–Crippen LogP) is 2.00. The van der Waals surface area contributed by atoms with Crippen LogP contribution in [0.4, 0.5) is 0 Å². The Bertz CT molecular complexity index is 844. The summed E-state index contributed by atoms with van der Waals surface area (Å²) in [5.41, 5.74) is 1.04. The lowest BCUT2D eigenvalue weighted by Gasteiger charge is -2.65. The number of likely N-dealkylation sites (tertiary alicyclic amines) is 1. The summed E-state index contributed by atoms with van der Waals surface area (Å²) in [4.78, 5) is 2.33. The zero-order chi connectivity index (χ0) is 19.3. The van der Waals surface area contributed by atoms with Gasteiger partial charge >= 0.3 is 0 Å². The lowest BCUT2D eigenvalue weighted by atomic mass is 9.48. The molecule has 1 aromatic rings. The van der Waals surface area contributed by atoms with Gasteiger partial charge in [0.25, 0.3) is 0 Å². The third-order valence-corrected chi connectivity index (χ3v) is 8.21. The smallest absolute Gasteiger partial charge is 0.207 e. The number of piperidine rings is 1. The molecule has 1 aromatic carbocycles. The van der Waals surface area contributed by atoms with E-state index in [9.17, 15) is 5.11 Å². The Hall–Kier alpha value is -1.34. The lowest BCUT2D eigenvalue weighted by molar-refractivity contribution is -0.364. The van der Waals surface area contributed by atoms with Crippen molar-refractivity contribution < 1.29 is 24.1 Å². The van der Waals surface area contributed by atoms with Crippen molar-refractivity contribution in [3.05, 3.63) is 23.3 Å². The fourth-order valence-electron chi connectivity index (χ4n) is 6.96. The van der Waals surface area contributed by atoms with Crippen molar-refractivity contribution in [1.29, 1.82) is 0 Å². The molecular formula is C22H29NO5. The summed E-state index contributed by atoms with van der Waals surface area (Å²) in [6.45, 7) is 3.70. The zero-order valence-corrected chi connectivity index (χ0v) is 16.9. The standard InChI is InChI=1S/C22H29NO5/c1-13-6-11-26-22(28-13)8-7-21(24)16-12-14-4-5-15(25-3)18-17(14)20(21,19(22)27-18)9-10-23(16)2/h4-5,13,16,19,24H,6-12H2,1-3H3/t13?,16-,19-,20+,21?,22?/m1/s1. The molecule has 6 nitrogen and oxygen atoms in total. The minimum absolute atomic E-state index is 0.0811. The van der Waals surface area contributed by atoms with Crippen LogP contribution < -0.4 is 9.47 Å². The molecule has 2 spiro atoms. The Labute approximate surface area is 165 Å². The summed E-state index contributed by atoms with van der Waals surface area (Å²) >= 11 is 0. The second-order valence-electron chi connectivity index (χ2n) is 9.35. The van der Waals surface area contributed by atoms with Gasteiger partial charge in [0.15, 0.2) is 17.6 Å². The Balaban J connectivity index is 1.62. The summed E-state index contributed by atoms with van der Waals surface area (Å²) in [5, 5.41) is 12.3. The van der Waals surface area contributed by atoms with E-state index in [1.165, 1.54) is 5.56 Å². The monoisotopic (exact) mass is 387 g/mol. The normalized spacial score (nSPS) is 46.2. The van der Waals surface area contributed by atoms with Crippen LogP contribution in [0.25, 0.3) is 0 Å². The second-order valence-corrected chi connectivity index (χ2v) is 9.35. The first-order valence-electron chi connectivity index (χ1n) is 10.6. The van der Waals surface area contributed by atoms with Crippen LogP contribution in [0.15, 0.2) is 12.1 Å². The fourth-order valence-corrected chi connectivity index (χ4v) is 6.96. The van der Waals surface area contributed by atoms with Crippen molar-refractivity contribution in [2.75, 3.05) is 27.3 Å². The SMILES string of the molecule is COc1ccc2c3c1O[C@H]1C4(CCC5(O)[C@@H](C2)N(C)CC[C@]315)OCCC(C)O4. The molecule has 6 rings (SSSR count). The Morgan fingerprint density at radius 3 is 2.89 bits per heavy atom. The van der Waals surface area contributed by atoms with E-state index < -0.39 is 16.8 Å². The average molecular weight is 387 g/mol. The van der Waals surface area contributed by atoms with Gasteiger partial charge < -0.3 is 29.0 Å². The van der Waals surface area contributed by atoms with E-state index in [1.54, 1.807) is 7.11 Å². The number of hydrogen-bond donors (Lipinski definition) is 1. The van der Waals surface area contributed by atoms with E-state index in [0.717, 1.165) is 42.9 Å². The highest BCUT2D eigenvalue weighted by Gasteiger charge is 2.77. The molecule has 3 heterocycles. The number of aliphatic hydroxyl groups is 1. The highest BCUT2D eigenvalue weighted by molar-refractivity contribution is 5.63. The van der Waals surface area contributed by atoms with Gasteiger partial charge in [-0.05, 0) is 57.8 Å². The van der Waals surface area contributed by atoms with Crippen LogP contribution in [0.3, 0.4) is 0 Å². The molecule has 2 bridgehead atoms. The maximum atomic E-state index is 12.3. The summed E-state index contributed by atoms with van der Waals surface area (Å²) in [5.74, 6) is 0.725. The highest BCUT2D eigenvalue weighted by Crippen LogP contribution is 2.67. The van der Waals surface area contributed by atoms with Crippen LogP contribution in [0, 0.1) is 0 Å². The van der Waals surface area contributed by atoms with Gasteiger partial charge in [-0.2, -0.15) is 0 Å². The molecule has 0 radical (unpaired) electrons. The third-order valence-electron chi connectivity index (χ3n) is 8.21. The molecule has 0 amide bonds. The summed E-state index contributed by atoms with van der Waals surface area (Å²) in [6, 6.07) is 4.24. The van der Waals surface area contributed by atoms with E-state index in [0.29, 0.717) is 19.4 Å². The molecule has 1 saturated carbocycles. The molecule has 152 valence electrons. The molecule has 3 unspecified atom stereocenters. The van der Waals surface area contributed by atoms with E-state index in [1.807, 2.05) is 6.07 Å². The first-order valence-corrected chi connectivity index (χ1v) is 10.6. The molecule has 6 heteroatoms. The van der Waals surface area contributed by atoms with Crippen LogP contribution in [0.2, 0.25) is 0 Å². The summed E-state index contributed by atoms with van der Waals surface area (Å²) in [6.07, 6.45) is 3.62. The average Bonchev–Trinajstić information content (AvgIpc) is 3.04. The van der Waals surface area contributed by atoms with E-state index in [4.69, 9.17) is 18.9 Å². The maximum absolute atomic E-state index is 12.3. The van der Waals surface area contributed by atoms with Gasteiger partial charge in [0, 0.05) is 18.0 Å². The predicted molar refractivity (Wildman–Crippen MR) is 102 cm³/mol. The quantitative estimate of drug-likeness (QED) is 0.795. The van der Waals surface area contributed by atoms with Gasteiger partial charge in [0.05, 0.1) is 30.8 Å². The number of ether oxygens (including phenoxy) is 4. The second kappa shape index (κ2) is 5.42. The third kappa shape index (κ3) is 1.80. The van der Waals surface area contributed by atoms with E-state index in [2.05, 4.69) is 24.9 Å². The van der Waals surface area contributed by atoms with Gasteiger partial charge in [-0.3, -0.25) is 0 Å². The fraction of sp³-hybridized carbons (Fsp3) is 0.727. The van der Waals surface area contributed by atoms with Crippen molar-refractivity contribution in [3.8, 4) is 11.5 Å². The van der Waals surface area contributed by atoms with Gasteiger partial charge in [-0.25, -0.2) is 0 Å². The van der Waals surface area contributed by atoms with Gasteiger partial charge in [-0.15, -0.1) is 0 Å². The van der Waals surface area contributed by atoms with Gasteiger partial charge in [-0.1, -0.05) is 6.07 Å².